The van der Waals surface area contributed by atoms with Crippen LogP contribution in [0.1, 0.15) is 56.1 Å². The molecule has 1 aliphatic carbocycles. The van der Waals surface area contributed by atoms with Crippen LogP contribution in [0.3, 0.4) is 0 Å². The summed E-state index contributed by atoms with van der Waals surface area (Å²) in [5.74, 6) is 1.74. The van der Waals surface area contributed by atoms with Gasteiger partial charge in [0, 0.05) is 41.8 Å². The van der Waals surface area contributed by atoms with E-state index in [2.05, 4.69) is 56.9 Å². The maximum atomic E-state index is 4.79. The molecule has 0 bridgehead atoms. The van der Waals surface area contributed by atoms with Crippen LogP contribution in [0.15, 0.2) is 36.7 Å². The van der Waals surface area contributed by atoms with Gasteiger partial charge in [0.1, 0.15) is 12.2 Å². The molecule has 1 aromatic carbocycles. The molecule has 0 spiro atoms. The predicted molar refractivity (Wildman–Crippen MR) is 104 cm³/mol. The average Bonchev–Trinajstić information content (AvgIpc) is 3.43. The molecule has 26 heavy (non-hydrogen) atoms. The number of hydrogen-bond donors (Lipinski definition) is 0. The number of aryl methyl sites for hydroxylation is 1. The van der Waals surface area contributed by atoms with Crippen LogP contribution in [0.2, 0.25) is 0 Å². The van der Waals surface area contributed by atoms with Gasteiger partial charge in [0.05, 0.1) is 5.52 Å². The number of rotatable bonds is 4. The molecular weight excluding hydrogens is 322 g/mol. The third-order valence-corrected chi connectivity index (χ3v) is 5.85. The lowest BCUT2D eigenvalue weighted by Crippen LogP contribution is -2.34. The van der Waals surface area contributed by atoms with Crippen LogP contribution in [-0.2, 0) is 6.42 Å². The molecule has 1 saturated carbocycles. The highest BCUT2D eigenvalue weighted by atomic mass is 15.3. The highest BCUT2D eigenvalue weighted by Gasteiger charge is 2.31. The van der Waals surface area contributed by atoms with E-state index in [-0.39, 0.29) is 0 Å². The maximum absolute atomic E-state index is 4.79. The summed E-state index contributed by atoms with van der Waals surface area (Å²) in [4.78, 5) is 7.33. The van der Waals surface area contributed by atoms with Gasteiger partial charge < -0.3 is 9.47 Å². The molecule has 0 N–H and O–H groups in total. The van der Waals surface area contributed by atoms with Crippen LogP contribution in [0.25, 0.3) is 10.9 Å². The number of fused-ring (bicyclic) bond motifs is 1. The van der Waals surface area contributed by atoms with Crippen LogP contribution in [0.5, 0.6) is 0 Å². The zero-order chi connectivity index (χ0) is 17.5. The van der Waals surface area contributed by atoms with Gasteiger partial charge in [-0.15, -0.1) is 10.2 Å². The van der Waals surface area contributed by atoms with Crippen molar-refractivity contribution < 1.29 is 0 Å². The van der Waals surface area contributed by atoms with E-state index in [1.54, 1.807) is 0 Å². The smallest absolute Gasteiger partial charge is 0.136 e. The third kappa shape index (κ3) is 2.75. The van der Waals surface area contributed by atoms with Crippen molar-refractivity contribution in [2.24, 2.45) is 0 Å². The van der Waals surface area contributed by atoms with Crippen LogP contribution >= 0.6 is 0 Å². The monoisotopic (exact) mass is 347 g/mol. The topological polar surface area (TPSA) is 46.8 Å². The molecule has 2 aromatic heterocycles. The summed E-state index contributed by atoms with van der Waals surface area (Å²) in [6.45, 7) is 4.32. The molecule has 0 radical (unpaired) electrons. The van der Waals surface area contributed by atoms with Gasteiger partial charge in [-0.3, -0.25) is 4.98 Å². The second kappa shape index (κ2) is 6.38. The van der Waals surface area contributed by atoms with Crippen LogP contribution in [0.4, 0.5) is 5.69 Å². The molecule has 1 saturated heterocycles. The van der Waals surface area contributed by atoms with Crippen molar-refractivity contribution in [3.05, 3.63) is 48.2 Å². The van der Waals surface area contributed by atoms with Crippen molar-refractivity contribution in [2.75, 3.05) is 18.0 Å². The van der Waals surface area contributed by atoms with Crippen molar-refractivity contribution in [1.82, 2.24) is 19.7 Å². The first kappa shape index (κ1) is 15.8. The molecule has 5 nitrogen and oxygen atoms in total. The molecule has 0 atom stereocenters. The summed E-state index contributed by atoms with van der Waals surface area (Å²) in [5, 5.41) is 9.92. The Hall–Kier alpha value is -2.43. The maximum Gasteiger partial charge on any atom is 0.136 e. The summed E-state index contributed by atoms with van der Waals surface area (Å²) in [6.07, 6.45) is 7.76. The largest absolute Gasteiger partial charge is 0.371 e. The number of hydrogen-bond acceptors (Lipinski definition) is 4. The molecule has 2 aliphatic rings. The van der Waals surface area contributed by atoms with Gasteiger partial charge in [0.15, 0.2) is 0 Å². The van der Waals surface area contributed by atoms with Crippen LogP contribution < -0.4 is 4.90 Å². The molecule has 1 aliphatic heterocycles. The zero-order valence-electron chi connectivity index (χ0n) is 15.3. The Balaban J connectivity index is 1.40. The Labute approximate surface area is 154 Å². The number of piperidine rings is 1. The molecule has 3 aromatic rings. The minimum absolute atomic E-state index is 0.535. The lowest BCUT2D eigenvalue weighted by molar-refractivity contribution is 0.465. The van der Waals surface area contributed by atoms with Gasteiger partial charge in [-0.25, -0.2) is 0 Å². The fourth-order valence-corrected chi connectivity index (χ4v) is 4.21. The Kier molecular flexibility index (Phi) is 3.88. The van der Waals surface area contributed by atoms with E-state index in [0.29, 0.717) is 12.0 Å². The standard InChI is InChI=1S/C21H25N5/c1-2-16-13-20(18-5-3-4-6-19(18)23-16)25-11-9-15(10-12-25)21-24-22-14-26(21)17-7-8-17/h3-6,13-15,17H,2,7-12H2,1H3. The summed E-state index contributed by atoms with van der Waals surface area (Å²) >= 11 is 0. The lowest BCUT2D eigenvalue weighted by atomic mass is 9.95. The van der Waals surface area contributed by atoms with Crippen LogP contribution in [0, 0.1) is 0 Å². The molecule has 134 valence electrons. The molecule has 0 amide bonds. The highest BCUT2D eigenvalue weighted by Crippen LogP contribution is 2.39. The van der Waals surface area contributed by atoms with E-state index in [0.717, 1.165) is 37.9 Å². The predicted octanol–water partition coefficient (Wildman–Crippen LogP) is 4.11. The number of pyridine rings is 1. The summed E-state index contributed by atoms with van der Waals surface area (Å²) in [6, 6.07) is 11.5. The number of benzene rings is 1. The molecule has 2 fully saturated rings. The fraction of sp³-hybridized carbons (Fsp3) is 0.476. The molecule has 0 unspecified atom stereocenters. The number of aromatic nitrogens is 4. The Morgan fingerprint density at radius 1 is 1.08 bits per heavy atom. The SMILES string of the molecule is CCc1cc(N2CCC(c3nncn3C3CC3)CC2)c2ccccc2n1. The summed E-state index contributed by atoms with van der Waals surface area (Å²) < 4.78 is 2.33. The quantitative estimate of drug-likeness (QED) is 0.713. The number of anilines is 1. The minimum atomic E-state index is 0.535. The van der Waals surface area contributed by atoms with Gasteiger partial charge in [-0.05, 0) is 44.2 Å². The second-order valence-corrected chi connectivity index (χ2v) is 7.59. The summed E-state index contributed by atoms with van der Waals surface area (Å²) in [5.41, 5.74) is 3.63. The minimum Gasteiger partial charge on any atom is -0.371 e. The second-order valence-electron chi connectivity index (χ2n) is 7.59. The molecule has 5 rings (SSSR count). The van der Waals surface area contributed by atoms with E-state index in [9.17, 15) is 0 Å². The third-order valence-electron chi connectivity index (χ3n) is 5.85. The van der Waals surface area contributed by atoms with Crippen molar-refractivity contribution in [1.29, 1.82) is 0 Å². The van der Waals surface area contributed by atoms with Gasteiger partial charge in [0.25, 0.3) is 0 Å². The van der Waals surface area contributed by atoms with E-state index in [1.807, 2.05) is 6.33 Å². The molecular formula is C21H25N5. The zero-order valence-corrected chi connectivity index (χ0v) is 15.3. The normalized spacial score (nSPS) is 18.6. The Morgan fingerprint density at radius 2 is 1.88 bits per heavy atom. The van der Waals surface area contributed by atoms with Crippen molar-refractivity contribution >= 4 is 16.6 Å². The van der Waals surface area contributed by atoms with Crippen molar-refractivity contribution in [2.45, 2.75) is 51.0 Å². The first-order valence-electron chi connectivity index (χ1n) is 9.86. The highest BCUT2D eigenvalue weighted by molar-refractivity contribution is 5.92. The van der Waals surface area contributed by atoms with Gasteiger partial charge in [-0.1, -0.05) is 25.1 Å². The van der Waals surface area contributed by atoms with Gasteiger partial charge in [-0.2, -0.15) is 0 Å². The van der Waals surface area contributed by atoms with Crippen LogP contribution in [-0.4, -0.2) is 32.8 Å². The fourth-order valence-electron chi connectivity index (χ4n) is 4.21. The Morgan fingerprint density at radius 3 is 2.65 bits per heavy atom. The van der Waals surface area contributed by atoms with E-state index >= 15 is 0 Å². The average molecular weight is 347 g/mol. The van der Waals surface area contributed by atoms with Gasteiger partial charge >= 0.3 is 0 Å². The van der Waals surface area contributed by atoms with E-state index in [4.69, 9.17) is 4.98 Å². The van der Waals surface area contributed by atoms with E-state index in [1.165, 1.54) is 35.4 Å². The first-order valence-corrected chi connectivity index (χ1v) is 9.86. The number of para-hydroxylation sites is 1. The van der Waals surface area contributed by atoms with Crippen molar-refractivity contribution in [3.63, 3.8) is 0 Å². The molecule has 5 heteroatoms. The van der Waals surface area contributed by atoms with Crippen molar-refractivity contribution in [3.8, 4) is 0 Å². The summed E-state index contributed by atoms with van der Waals surface area (Å²) in [7, 11) is 0. The van der Waals surface area contributed by atoms with Gasteiger partial charge in [0.2, 0.25) is 0 Å². The molecule has 3 heterocycles. The van der Waals surface area contributed by atoms with E-state index < -0.39 is 0 Å². The Bertz CT molecular complexity index is 919. The first-order chi connectivity index (χ1) is 12.8. The number of nitrogens with zero attached hydrogens (tertiary/aromatic N) is 5. The lowest BCUT2D eigenvalue weighted by Gasteiger charge is -2.34.